The van der Waals surface area contributed by atoms with Crippen LogP contribution < -0.4 is 15.0 Å². The number of carbonyl (C=O) groups excluding carboxylic acids is 1. The van der Waals surface area contributed by atoms with Gasteiger partial charge in [-0.1, -0.05) is 28.1 Å². The van der Waals surface area contributed by atoms with E-state index in [-0.39, 0.29) is 12.5 Å². The summed E-state index contributed by atoms with van der Waals surface area (Å²) in [6.45, 7) is 1.42. The highest BCUT2D eigenvalue weighted by atomic mass is 79.9. The summed E-state index contributed by atoms with van der Waals surface area (Å²) < 4.78 is 6.46. The number of ether oxygens (including phenoxy) is 1. The molecule has 132 valence electrons. The van der Waals surface area contributed by atoms with Crippen molar-refractivity contribution in [1.29, 1.82) is 0 Å². The fourth-order valence-corrected chi connectivity index (χ4v) is 3.37. The number of hydrogen-bond acceptors (Lipinski definition) is 5. The molecule has 0 bridgehead atoms. The predicted molar refractivity (Wildman–Crippen MR) is 105 cm³/mol. The van der Waals surface area contributed by atoms with Crippen LogP contribution in [0.15, 0.2) is 53.3 Å². The summed E-state index contributed by atoms with van der Waals surface area (Å²) in [7, 11) is 0. The number of carbonyl (C=O) groups is 1. The zero-order valence-electron chi connectivity index (χ0n) is 14.0. The minimum Gasteiger partial charge on any atom is -0.482 e. The van der Waals surface area contributed by atoms with E-state index < -0.39 is 0 Å². The van der Waals surface area contributed by atoms with Gasteiger partial charge >= 0.3 is 0 Å². The molecule has 1 N–H and O–H groups in total. The smallest absolute Gasteiger partial charge is 0.265 e. The third kappa shape index (κ3) is 3.35. The standard InChI is InChI=1S/C19H17BrN4O2/c20-13-6-7-15-14(10-13)19(23-12-22-15)21-8-3-9-24-16-4-1-2-5-17(16)26-11-18(24)25/h1-2,4-7,10,12H,3,8-9,11H2,(H,21,22,23). The van der Waals surface area contributed by atoms with Crippen molar-refractivity contribution >= 4 is 44.2 Å². The summed E-state index contributed by atoms with van der Waals surface area (Å²) in [4.78, 5) is 22.6. The molecule has 0 saturated heterocycles. The minimum atomic E-state index is -0.0138. The Bertz CT molecular complexity index is 963. The van der Waals surface area contributed by atoms with Crippen LogP contribution in [0.2, 0.25) is 0 Å². The average molecular weight is 413 g/mol. The lowest BCUT2D eigenvalue weighted by atomic mass is 10.2. The molecule has 3 aromatic rings. The Labute approximate surface area is 159 Å². The van der Waals surface area contributed by atoms with E-state index in [9.17, 15) is 4.79 Å². The van der Waals surface area contributed by atoms with Crippen LogP contribution in [-0.4, -0.2) is 35.6 Å². The predicted octanol–water partition coefficient (Wildman–Crippen LogP) is 3.62. The van der Waals surface area contributed by atoms with Crippen molar-refractivity contribution in [1.82, 2.24) is 9.97 Å². The number of amides is 1. The molecule has 4 rings (SSSR count). The minimum absolute atomic E-state index is 0.0138. The van der Waals surface area contributed by atoms with E-state index in [1.807, 2.05) is 42.5 Å². The Hall–Kier alpha value is -2.67. The highest BCUT2D eigenvalue weighted by Crippen LogP contribution is 2.31. The van der Waals surface area contributed by atoms with E-state index in [4.69, 9.17) is 4.74 Å². The lowest BCUT2D eigenvalue weighted by molar-refractivity contribution is -0.121. The number of anilines is 2. The highest BCUT2D eigenvalue weighted by molar-refractivity contribution is 9.10. The van der Waals surface area contributed by atoms with E-state index in [0.717, 1.165) is 39.1 Å². The molecular formula is C19H17BrN4O2. The molecule has 26 heavy (non-hydrogen) atoms. The summed E-state index contributed by atoms with van der Waals surface area (Å²) in [5.41, 5.74) is 1.73. The Morgan fingerprint density at radius 3 is 3.00 bits per heavy atom. The Morgan fingerprint density at radius 1 is 1.19 bits per heavy atom. The average Bonchev–Trinajstić information content (AvgIpc) is 2.66. The molecule has 7 heteroatoms. The number of nitrogens with one attached hydrogen (secondary N) is 1. The van der Waals surface area contributed by atoms with Gasteiger partial charge in [-0.25, -0.2) is 9.97 Å². The molecule has 1 aliphatic rings. The van der Waals surface area contributed by atoms with Crippen LogP contribution in [0.25, 0.3) is 10.9 Å². The third-order valence-electron chi connectivity index (χ3n) is 4.26. The fourth-order valence-electron chi connectivity index (χ4n) is 3.01. The molecule has 1 aliphatic heterocycles. The number of nitrogens with zero attached hydrogens (tertiary/aromatic N) is 3. The van der Waals surface area contributed by atoms with Gasteiger partial charge in [-0.2, -0.15) is 0 Å². The van der Waals surface area contributed by atoms with Gasteiger partial charge in [0.1, 0.15) is 17.9 Å². The first-order valence-electron chi connectivity index (χ1n) is 8.39. The van der Waals surface area contributed by atoms with Crippen molar-refractivity contribution in [2.45, 2.75) is 6.42 Å². The van der Waals surface area contributed by atoms with Crippen molar-refractivity contribution in [3.05, 3.63) is 53.3 Å². The molecule has 0 atom stereocenters. The molecular weight excluding hydrogens is 396 g/mol. The van der Waals surface area contributed by atoms with Gasteiger partial charge in [0.2, 0.25) is 0 Å². The van der Waals surface area contributed by atoms with Crippen LogP contribution in [0.4, 0.5) is 11.5 Å². The lowest BCUT2D eigenvalue weighted by Crippen LogP contribution is -2.39. The van der Waals surface area contributed by atoms with Gasteiger partial charge in [0.05, 0.1) is 11.2 Å². The van der Waals surface area contributed by atoms with Gasteiger partial charge in [0.15, 0.2) is 6.61 Å². The SMILES string of the molecule is O=C1COc2ccccc2N1CCCNc1ncnc2ccc(Br)cc12. The van der Waals surface area contributed by atoms with Gasteiger partial charge in [-0.3, -0.25) is 4.79 Å². The maximum atomic E-state index is 12.2. The second kappa shape index (κ2) is 7.29. The highest BCUT2D eigenvalue weighted by Gasteiger charge is 2.24. The molecule has 2 aromatic carbocycles. The van der Waals surface area contributed by atoms with E-state index in [0.29, 0.717) is 13.1 Å². The monoisotopic (exact) mass is 412 g/mol. The fraction of sp³-hybridized carbons (Fsp3) is 0.211. The molecule has 1 aromatic heterocycles. The van der Waals surface area contributed by atoms with E-state index >= 15 is 0 Å². The van der Waals surface area contributed by atoms with E-state index in [1.54, 1.807) is 11.2 Å². The topological polar surface area (TPSA) is 67.3 Å². The number of rotatable bonds is 5. The summed E-state index contributed by atoms with van der Waals surface area (Å²) in [5.74, 6) is 1.54. The second-order valence-corrected chi connectivity index (χ2v) is 6.88. The first-order chi connectivity index (χ1) is 12.7. The number of benzene rings is 2. The van der Waals surface area contributed by atoms with Crippen LogP contribution in [0.5, 0.6) is 5.75 Å². The lowest BCUT2D eigenvalue weighted by Gasteiger charge is -2.29. The molecule has 6 nitrogen and oxygen atoms in total. The summed E-state index contributed by atoms with van der Waals surface area (Å²) in [6.07, 6.45) is 2.35. The van der Waals surface area contributed by atoms with Crippen molar-refractivity contribution in [3.63, 3.8) is 0 Å². The quantitative estimate of drug-likeness (QED) is 0.648. The molecule has 0 spiro atoms. The Kier molecular flexibility index (Phi) is 4.71. The normalized spacial score (nSPS) is 13.4. The van der Waals surface area contributed by atoms with Crippen LogP contribution in [0.1, 0.15) is 6.42 Å². The van der Waals surface area contributed by atoms with Crippen LogP contribution in [-0.2, 0) is 4.79 Å². The van der Waals surface area contributed by atoms with Crippen molar-refractivity contribution in [3.8, 4) is 5.75 Å². The number of hydrogen-bond donors (Lipinski definition) is 1. The van der Waals surface area contributed by atoms with Crippen LogP contribution in [0, 0.1) is 0 Å². The van der Waals surface area contributed by atoms with Gasteiger partial charge in [-0.15, -0.1) is 0 Å². The molecule has 0 radical (unpaired) electrons. The maximum absolute atomic E-state index is 12.2. The Morgan fingerprint density at radius 2 is 2.08 bits per heavy atom. The Balaban J connectivity index is 1.42. The summed E-state index contributed by atoms with van der Waals surface area (Å²) in [6, 6.07) is 13.5. The number of para-hydroxylation sites is 2. The first kappa shape index (κ1) is 16.8. The first-order valence-corrected chi connectivity index (χ1v) is 9.18. The number of halogens is 1. The summed E-state index contributed by atoms with van der Waals surface area (Å²) >= 11 is 3.48. The zero-order valence-corrected chi connectivity index (χ0v) is 15.6. The molecule has 0 fully saturated rings. The van der Waals surface area contributed by atoms with Gasteiger partial charge in [-0.05, 0) is 36.8 Å². The van der Waals surface area contributed by atoms with Crippen molar-refractivity contribution in [2.75, 3.05) is 29.9 Å². The second-order valence-electron chi connectivity index (χ2n) is 5.97. The largest absolute Gasteiger partial charge is 0.482 e. The number of fused-ring (bicyclic) bond motifs is 2. The van der Waals surface area contributed by atoms with E-state index in [1.165, 1.54) is 0 Å². The molecule has 1 amide bonds. The van der Waals surface area contributed by atoms with Gasteiger partial charge in [0, 0.05) is 22.9 Å². The molecule has 0 saturated carbocycles. The molecule has 0 aliphatic carbocycles. The number of aromatic nitrogens is 2. The van der Waals surface area contributed by atoms with E-state index in [2.05, 4.69) is 31.2 Å². The van der Waals surface area contributed by atoms with Crippen molar-refractivity contribution < 1.29 is 9.53 Å². The third-order valence-corrected chi connectivity index (χ3v) is 4.75. The van der Waals surface area contributed by atoms with Crippen LogP contribution >= 0.6 is 15.9 Å². The zero-order chi connectivity index (χ0) is 17.9. The van der Waals surface area contributed by atoms with Crippen molar-refractivity contribution in [2.24, 2.45) is 0 Å². The summed E-state index contributed by atoms with van der Waals surface area (Å²) in [5, 5.41) is 4.32. The van der Waals surface area contributed by atoms with Gasteiger partial charge < -0.3 is 15.0 Å². The molecule has 2 heterocycles. The van der Waals surface area contributed by atoms with Gasteiger partial charge in [0.25, 0.3) is 5.91 Å². The van der Waals surface area contributed by atoms with Crippen LogP contribution in [0.3, 0.4) is 0 Å². The molecule has 0 unspecified atom stereocenters. The maximum Gasteiger partial charge on any atom is 0.265 e.